The van der Waals surface area contributed by atoms with Crippen molar-refractivity contribution >= 4 is 11.9 Å². The smallest absolute Gasteiger partial charge is 0.304 e. The largest absolute Gasteiger partial charge is 0.481 e. The predicted molar refractivity (Wildman–Crippen MR) is 81.6 cm³/mol. The number of carbonyl (C=O) groups excluding carboxylic acids is 1. The van der Waals surface area contributed by atoms with Gasteiger partial charge in [0.05, 0.1) is 17.5 Å². The molecule has 11 heteroatoms. The summed E-state index contributed by atoms with van der Waals surface area (Å²) in [6, 6.07) is 0. The first-order chi connectivity index (χ1) is 11.7. The number of carbonyl (C=O) groups is 2. The van der Waals surface area contributed by atoms with Gasteiger partial charge in [-0.3, -0.25) is 9.59 Å². The summed E-state index contributed by atoms with van der Waals surface area (Å²) in [5.41, 5.74) is -1.35. The van der Waals surface area contributed by atoms with Crippen molar-refractivity contribution < 1.29 is 23.5 Å². The number of alkyl halides is 2. The summed E-state index contributed by atoms with van der Waals surface area (Å²) < 4.78 is 29.2. The van der Waals surface area contributed by atoms with E-state index in [0.717, 1.165) is 6.92 Å². The number of hydrogen-bond donors (Lipinski definition) is 2. The van der Waals surface area contributed by atoms with Crippen molar-refractivity contribution in [1.29, 1.82) is 0 Å². The molecule has 2 N–H and O–H groups in total. The number of nitrogens with one attached hydrogen (secondary N) is 1. The third-order valence-corrected chi connectivity index (χ3v) is 3.79. The van der Waals surface area contributed by atoms with Gasteiger partial charge >= 0.3 is 5.97 Å². The minimum atomic E-state index is -2.91. The summed E-state index contributed by atoms with van der Waals surface area (Å²) in [7, 11) is 1.61. The van der Waals surface area contributed by atoms with Gasteiger partial charge in [0.2, 0.25) is 6.43 Å². The molecule has 0 spiro atoms. The quantitative estimate of drug-likeness (QED) is 0.758. The van der Waals surface area contributed by atoms with Crippen LogP contribution in [0, 0.1) is 12.3 Å². The van der Waals surface area contributed by atoms with Crippen LogP contribution in [0.5, 0.6) is 0 Å². The third-order valence-electron chi connectivity index (χ3n) is 3.79. The molecule has 0 fully saturated rings. The lowest BCUT2D eigenvalue weighted by Gasteiger charge is -2.27. The number of aliphatic carboxylic acids is 1. The maximum Gasteiger partial charge on any atom is 0.304 e. The van der Waals surface area contributed by atoms with Gasteiger partial charge in [-0.25, -0.2) is 23.1 Å². The molecule has 2 aromatic rings. The summed E-state index contributed by atoms with van der Waals surface area (Å²) in [5, 5.41) is 19.3. The zero-order valence-electron chi connectivity index (χ0n) is 13.9. The number of aromatic nitrogens is 5. The van der Waals surface area contributed by atoms with Gasteiger partial charge in [-0.1, -0.05) is 6.92 Å². The minimum Gasteiger partial charge on any atom is -0.481 e. The van der Waals surface area contributed by atoms with Crippen LogP contribution in [0.4, 0.5) is 8.78 Å². The maximum absolute atomic E-state index is 13.2. The number of carboxylic acid groups (broad SMARTS) is 1. The van der Waals surface area contributed by atoms with Crippen LogP contribution in [0.15, 0.2) is 12.7 Å². The van der Waals surface area contributed by atoms with Crippen molar-refractivity contribution in [2.24, 2.45) is 12.5 Å². The monoisotopic (exact) mass is 356 g/mol. The van der Waals surface area contributed by atoms with E-state index in [4.69, 9.17) is 5.11 Å². The minimum absolute atomic E-state index is 0.153. The van der Waals surface area contributed by atoms with Crippen LogP contribution in [-0.2, 0) is 11.8 Å². The SMILES string of the molecule is Cc1nn(C)c(-n2cncn2)c1C(=O)NCC(C)(CC(=O)O)C(F)F. The molecule has 0 aliphatic heterocycles. The zero-order valence-corrected chi connectivity index (χ0v) is 13.9. The molecule has 1 amide bonds. The van der Waals surface area contributed by atoms with Gasteiger partial charge in [-0.05, 0) is 6.92 Å². The second-order valence-electron chi connectivity index (χ2n) is 5.96. The van der Waals surface area contributed by atoms with Crippen molar-refractivity contribution in [2.75, 3.05) is 6.54 Å². The van der Waals surface area contributed by atoms with E-state index in [9.17, 15) is 18.4 Å². The fourth-order valence-electron chi connectivity index (χ4n) is 2.43. The number of amides is 1. The summed E-state index contributed by atoms with van der Waals surface area (Å²) in [6.45, 7) is 2.21. The van der Waals surface area contributed by atoms with Crippen LogP contribution in [0.25, 0.3) is 5.82 Å². The van der Waals surface area contributed by atoms with Gasteiger partial charge in [-0.15, -0.1) is 0 Å². The Morgan fingerprint density at radius 2 is 2.12 bits per heavy atom. The van der Waals surface area contributed by atoms with E-state index in [2.05, 4.69) is 20.5 Å². The van der Waals surface area contributed by atoms with Gasteiger partial charge in [-0.2, -0.15) is 10.2 Å². The Balaban J connectivity index is 2.26. The van der Waals surface area contributed by atoms with E-state index in [1.54, 1.807) is 14.0 Å². The van der Waals surface area contributed by atoms with E-state index in [1.165, 1.54) is 22.0 Å². The summed E-state index contributed by atoms with van der Waals surface area (Å²) >= 11 is 0. The third kappa shape index (κ3) is 3.80. The molecule has 2 aromatic heterocycles. The first kappa shape index (κ1) is 18.5. The Morgan fingerprint density at radius 3 is 2.64 bits per heavy atom. The molecule has 0 radical (unpaired) electrons. The molecular weight excluding hydrogens is 338 g/mol. The number of carboxylic acids is 1. The fourth-order valence-corrected chi connectivity index (χ4v) is 2.43. The van der Waals surface area contributed by atoms with Crippen LogP contribution >= 0.6 is 0 Å². The Labute approximate surface area is 141 Å². The normalized spacial score (nSPS) is 13.7. The van der Waals surface area contributed by atoms with Gasteiger partial charge < -0.3 is 10.4 Å². The highest BCUT2D eigenvalue weighted by atomic mass is 19.3. The lowest BCUT2D eigenvalue weighted by Crippen LogP contribution is -2.42. The maximum atomic E-state index is 13.2. The van der Waals surface area contributed by atoms with E-state index < -0.39 is 36.7 Å². The molecule has 0 aliphatic carbocycles. The highest BCUT2D eigenvalue weighted by Crippen LogP contribution is 2.29. The molecule has 9 nitrogen and oxygen atoms in total. The van der Waals surface area contributed by atoms with Crippen molar-refractivity contribution in [1.82, 2.24) is 29.9 Å². The average Bonchev–Trinajstić information content (AvgIpc) is 3.11. The number of aryl methyl sites for hydroxylation is 2. The molecule has 0 saturated heterocycles. The summed E-state index contributed by atoms with van der Waals surface area (Å²) in [6.07, 6.45) is -1.02. The second kappa shape index (κ2) is 6.95. The number of hydrogen-bond acceptors (Lipinski definition) is 5. The number of nitrogens with zero attached hydrogens (tertiary/aromatic N) is 5. The Kier molecular flexibility index (Phi) is 5.14. The molecule has 1 atom stereocenters. The molecule has 0 bridgehead atoms. The molecule has 0 aromatic carbocycles. The van der Waals surface area contributed by atoms with Crippen molar-refractivity contribution in [3.05, 3.63) is 23.9 Å². The predicted octanol–water partition coefficient (Wildman–Crippen LogP) is 0.785. The standard InChI is InChI=1S/C14H18F2N6O3/c1-8-10(12(21(3)20-8)22-7-17-6-19-22)11(25)18-5-14(2,13(15)16)4-9(23)24/h6-7,13H,4-5H2,1-3H3,(H,18,25)(H,23,24). The molecule has 136 valence electrons. The fraction of sp³-hybridized carbons (Fsp3) is 0.500. The molecule has 1 unspecified atom stereocenters. The molecule has 25 heavy (non-hydrogen) atoms. The highest BCUT2D eigenvalue weighted by molar-refractivity contribution is 5.98. The number of rotatable bonds is 7. The first-order valence-corrected chi connectivity index (χ1v) is 7.32. The molecular formula is C14H18F2N6O3. The van der Waals surface area contributed by atoms with Gasteiger partial charge in [0, 0.05) is 13.6 Å². The van der Waals surface area contributed by atoms with Gasteiger partial charge in [0.25, 0.3) is 5.91 Å². The topological polar surface area (TPSA) is 115 Å². The van der Waals surface area contributed by atoms with Crippen molar-refractivity contribution in [3.63, 3.8) is 0 Å². The van der Waals surface area contributed by atoms with E-state index in [-0.39, 0.29) is 5.56 Å². The summed E-state index contributed by atoms with van der Waals surface area (Å²) in [4.78, 5) is 27.2. The van der Waals surface area contributed by atoms with Crippen LogP contribution in [0.2, 0.25) is 0 Å². The van der Waals surface area contributed by atoms with Gasteiger partial charge in [0.15, 0.2) is 5.82 Å². The molecule has 0 saturated carbocycles. The van der Waals surface area contributed by atoms with Crippen LogP contribution in [-0.4, -0.2) is 54.5 Å². The summed E-state index contributed by atoms with van der Waals surface area (Å²) in [5.74, 6) is -1.68. The Bertz CT molecular complexity index is 774. The van der Waals surface area contributed by atoms with Crippen molar-refractivity contribution in [3.8, 4) is 5.82 Å². The van der Waals surface area contributed by atoms with E-state index in [1.807, 2.05) is 0 Å². The van der Waals surface area contributed by atoms with E-state index >= 15 is 0 Å². The molecule has 2 heterocycles. The molecule has 0 aliphatic rings. The lowest BCUT2D eigenvalue weighted by molar-refractivity contribution is -0.142. The second-order valence-corrected chi connectivity index (χ2v) is 5.96. The zero-order chi connectivity index (χ0) is 18.8. The lowest BCUT2D eigenvalue weighted by atomic mass is 9.87. The van der Waals surface area contributed by atoms with Crippen LogP contribution in [0.1, 0.15) is 29.4 Å². The van der Waals surface area contributed by atoms with Gasteiger partial charge in [0.1, 0.15) is 18.2 Å². The molecule has 2 rings (SSSR count). The van der Waals surface area contributed by atoms with Crippen molar-refractivity contribution in [2.45, 2.75) is 26.7 Å². The average molecular weight is 356 g/mol. The number of halogens is 2. The Morgan fingerprint density at radius 1 is 1.44 bits per heavy atom. The highest BCUT2D eigenvalue weighted by Gasteiger charge is 2.38. The Hall–Kier alpha value is -2.85. The van der Waals surface area contributed by atoms with Crippen LogP contribution < -0.4 is 5.32 Å². The first-order valence-electron chi connectivity index (χ1n) is 7.32. The van der Waals surface area contributed by atoms with Crippen LogP contribution in [0.3, 0.4) is 0 Å². The van der Waals surface area contributed by atoms with E-state index in [0.29, 0.717) is 11.5 Å².